The van der Waals surface area contributed by atoms with Crippen molar-refractivity contribution >= 4 is 0 Å². The van der Waals surface area contributed by atoms with E-state index in [0.717, 1.165) is 23.7 Å². The summed E-state index contributed by atoms with van der Waals surface area (Å²) in [5.41, 5.74) is 8.04. The quantitative estimate of drug-likeness (QED) is 0.408. The van der Waals surface area contributed by atoms with Gasteiger partial charge in [0.25, 0.3) is 0 Å². The maximum atomic E-state index is 2.71. The number of hydrogen-bond donors (Lipinski definition) is 0. The van der Waals surface area contributed by atoms with Crippen LogP contribution in [0, 0.1) is 34.5 Å². The van der Waals surface area contributed by atoms with E-state index in [1.165, 1.54) is 76.2 Å². The molecule has 0 saturated heterocycles. The minimum atomic E-state index is 0.450. The van der Waals surface area contributed by atoms with Gasteiger partial charge >= 0.3 is 0 Å². The van der Waals surface area contributed by atoms with Crippen molar-refractivity contribution in [2.45, 2.75) is 112 Å². The summed E-state index contributed by atoms with van der Waals surface area (Å²) in [6.07, 6.45) is 20.6. The van der Waals surface area contributed by atoms with E-state index >= 15 is 0 Å². The summed E-state index contributed by atoms with van der Waals surface area (Å²) in [5.74, 6) is 3.64. The Balaban J connectivity index is 1.58. The number of allylic oxidation sites excluding steroid dienone is 6. The molecule has 0 aromatic heterocycles. The lowest BCUT2D eigenvalue weighted by Crippen LogP contribution is -2.44. The maximum absolute atomic E-state index is 2.71. The van der Waals surface area contributed by atoms with Gasteiger partial charge in [0.1, 0.15) is 0 Å². The first-order chi connectivity index (χ1) is 13.8. The van der Waals surface area contributed by atoms with Gasteiger partial charge in [-0.1, -0.05) is 70.3 Å². The molecule has 1 saturated carbocycles. The molecule has 0 bridgehead atoms. The van der Waals surface area contributed by atoms with E-state index in [0.29, 0.717) is 10.8 Å². The van der Waals surface area contributed by atoms with E-state index < -0.39 is 0 Å². The van der Waals surface area contributed by atoms with Crippen molar-refractivity contribution < 1.29 is 0 Å². The Morgan fingerprint density at radius 2 is 1.93 bits per heavy atom. The van der Waals surface area contributed by atoms with Gasteiger partial charge in [-0.15, -0.1) is 0 Å². The molecule has 0 heterocycles. The highest BCUT2D eigenvalue weighted by Gasteiger charge is 2.53. The van der Waals surface area contributed by atoms with Crippen molar-refractivity contribution in [3.8, 4) is 0 Å². The molecule has 29 heavy (non-hydrogen) atoms. The zero-order valence-electron chi connectivity index (χ0n) is 20.2. The van der Waals surface area contributed by atoms with Crippen LogP contribution in [0.1, 0.15) is 112 Å². The Morgan fingerprint density at radius 1 is 1.14 bits per heavy atom. The largest absolute Gasteiger partial charge is 0.0859 e. The van der Waals surface area contributed by atoms with Crippen molar-refractivity contribution in [2.24, 2.45) is 34.5 Å². The third-order valence-electron chi connectivity index (χ3n) is 10.0. The lowest BCUT2D eigenvalue weighted by Gasteiger charge is -2.55. The van der Waals surface area contributed by atoms with Gasteiger partial charge in [0, 0.05) is 0 Å². The zero-order valence-corrected chi connectivity index (χ0v) is 20.2. The molecular weight excluding hydrogens is 348 g/mol. The Kier molecular flexibility index (Phi) is 5.95. The van der Waals surface area contributed by atoms with Gasteiger partial charge in [0.2, 0.25) is 0 Å². The van der Waals surface area contributed by atoms with E-state index in [4.69, 9.17) is 0 Å². The Labute approximate surface area is 181 Å². The van der Waals surface area contributed by atoms with Crippen LogP contribution in [0.5, 0.6) is 0 Å². The van der Waals surface area contributed by atoms with Gasteiger partial charge in [0.15, 0.2) is 0 Å². The van der Waals surface area contributed by atoms with Crippen molar-refractivity contribution in [1.82, 2.24) is 0 Å². The number of rotatable bonds is 5. The maximum Gasteiger partial charge on any atom is -0.00389 e. The molecule has 0 N–H and O–H groups in total. The molecule has 0 nitrogen and oxygen atoms in total. The topological polar surface area (TPSA) is 0 Å². The lowest BCUT2D eigenvalue weighted by atomic mass is 9.49. The molecule has 0 heteroatoms. The van der Waals surface area contributed by atoms with Crippen molar-refractivity contribution in [3.05, 3.63) is 34.4 Å². The van der Waals surface area contributed by atoms with E-state index in [2.05, 4.69) is 53.7 Å². The standard InChI is InChI=1S/C29H46/c1-7-22-12-9-18-28(5)25(22)14-13-23-26-16-15-24(21(4)11-8-10-20(2)3)29(26,6)19-17-27(23)28/h10,16,21-22,24-25H,7-9,11-15,17-19H2,1-6H3/t21-,22?,24-,25?,28+,29-/m1/s1. The lowest BCUT2D eigenvalue weighted by molar-refractivity contribution is 0.0573. The second kappa shape index (κ2) is 8.05. The highest BCUT2D eigenvalue weighted by atomic mass is 14.6. The Bertz CT molecular complexity index is 714. The highest BCUT2D eigenvalue weighted by Crippen LogP contribution is 2.65. The average Bonchev–Trinajstić information content (AvgIpc) is 3.03. The Morgan fingerprint density at radius 3 is 2.66 bits per heavy atom. The van der Waals surface area contributed by atoms with E-state index in [-0.39, 0.29) is 0 Å². The summed E-state index contributed by atoms with van der Waals surface area (Å²) in [6, 6.07) is 0. The van der Waals surface area contributed by atoms with E-state index in [9.17, 15) is 0 Å². The summed E-state index contributed by atoms with van der Waals surface area (Å²) < 4.78 is 0. The molecule has 6 atom stereocenters. The smallest absolute Gasteiger partial charge is 0.00389 e. The summed E-state index contributed by atoms with van der Waals surface area (Å²) in [4.78, 5) is 0. The molecule has 0 radical (unpaired) electrons. The molecule has 0 aromatic carbocycles. The molecule has 162 valence electrons. The SMILES string of the molecule is CCC1CCC[C@]2(C)C3=C(CCC12)C1=CC[C@H]([C@H](C)CCC=C(C)C)[C@@]1(C)CC3. The van der Waals surface area contributed by atoms with Crippen molar-refractivity contribution in [2.75, 3.05) is 0 Å². The fourth-order valence-corrected chi connectivity index (χ4v) is 8.39. The van der Waals surface area contributed by atoms with Crippen LogP contribution in [0.15, 0.2) is 34.4 Å². The van der Waals surface area contributed by atoms with Gasteiger partial charge in [-0.05, 0) is 111 Å². The van der Waals surface area contributed by atoms with E-state index in [1.807, 2.05) is 16.7 Å². The van der Waals surface area contributed by atoms with Gasteiger partial charge in [-0.3, -0.25) is 0 Å². The Hall–Kier alpha value is -0.780. The third-order valence-corrected chi connectivity index (χ3v) is 10.0. The molecule has 2 unspecified atom stereocenters. The molecule has 0 spiro atoms. The minimum absolute atomic E-state index is 0.450. The molecule has 0 aliphatic heterocycles. The predicted molar refractivity (Wildman–Crippen MR) is 127 cm³/mol. The van der Waals surface area contributed by atoms with Gasteiger partial charge in [0.05, 0.1) is 0 Å². The molecule has 0 amide bonds. The van der Waals surface area contributed by atoms with Crippen LogP contribution >= 0.6 is 0 Å². The van der Waals surface area contributed by atoms with Crippen LogP contribution in [-0.4, -0.2) is 0 Å². The van der Waals surface area contributed by atoms with Gasteiger partial charge in [-0.25, -0.2) is 0 Å². The number of fused-ring (bicyclic) bond motifs is 4. The van der Waals surface area contributed by atoms with Gasteiger partial charge in [-0.2, -0.15) is 0 Å². The molecule has 4 aliphatic carbocycles. The first-order valence-corrected chi connectivity index (χ1v) is 12.9. The second-order valence-corrected chi connectivity index (χ2v) is 11.8. The molecule has 4 aliphatic rings. The summed E-state index contributed by atoms with van der Waals surface area (Å²) in [6.45, 7) is 14.8. The van der Waals surface area contributed by atoms with Crippen LogP contribution in [0.25, 0.3) is 0 Å². The second-order valence-electron chi connectivity index (χ2n) is 11.8. The first kappa shape index (κ1) is 21.5. The zero-order chi connectivity index (χ0) is 20.8. The molecule has 4 rings (SSSR count). The molecular formula is C29H46. The fraction of sp³-hybridized carbons (Fsp3) is 0.793. The van der Waals surface area contributed by atoms with Crippen LogP contribution in [0.2, 0.25) is 0 Å². The monoisotopic (exact) mass is 394 g/mol. The van der Waals surface area contributed by atoms with Crippen molar-refractivity contribution in [1.29, 1.82) is 0 Å². The van der Waals surface area contributed by atoms with Crippen LogP contribution in [0.4, 0.5) is 0 Å². The number of hydrogen-bond acceptors (Lipinski definition) is 0. The summed E-state index contributed by atoms with van der Waals surface area (Å²) >= 11 is 0. The third kappa shape index (κ3) is 3.51. The van der Waals surface area contributed by atoms with Gasteiger partial charge < -0.3 is 0 Å². The summed E-state index contributed by atoms with van der Waals surface area (Å²) in [5, 5.41) is 0. The predicted octanol–water partition coefficient (Wildman–Crippen LogP) is 9.04. The average molecular weight is 395 g/mol. The fourth-order valence-electron chi connectivity index (χ4n) is 8.39. The minimum Gasteiger partial charge on any atom is -0.0859 e. The van der Waals surface area contributed by atoms with Crippen LogP contribution in [-0.2, 0) is 0 Å². The molecule has 1 fully saturated rings. The van der Waals surface area contributed by atoms with Crippen molar-refractivity contribution in [3.63, 3.8) is 0 Å². The first-order valence-electron chi connectivity index (χ1n) is 12.9. The van der Waals surface area contributed by atoms with Crippen LogP contribution < -0.4 is 0 Å². The normalized spacial score (nSPS) is 39.9. The highest BCUT2D eigenvalue weighted by molar-refractivity contribution is 5.49. The molecule has 0 aromatic rings. The summed E-state index contributed by atoms with van der Waals surface area (Å²) in [7, 11) is 0. The van der Waals surface area contributed by atoms with Crippen LogP contribution in [0.3, 0.4) is 0 Å². The van der Waals surface area contributed by atoms with E-state index in [1.54, 1.807) is 0 Å².